The van der Waals surface area contributed by atoms with Gasteiger partial charge in [-0.2, -0.15) is 0 Å². The van der Waals surface area contributed by atoms with E-state index in [0.29, 0.717) is 6.54 Å². The van der Waals surface area contributed by atoms with Gasteiger partial charge in [-0.1, -0.05) is 0 Å². The highest BCUT2D eigenvalue weighted by Gasteiger charge is 2.48. The van der Waals surface area contributed by atoms with Crippen LogP contribution in [0, 0.1) is 5.41 Å². The molecule has 0 bridgehead atoms. The van der Waals surface area contributed by atoms with Gasteiger partial charge in [0, 0.05) is 19.6 Å². The van der Waals surface area contributed by atoms with E-state index in [2.05, 4.69) is 10.2 Å². The second kappa shape index (κ2) is 4.49. The van der Waals surface area contributed by atoms with Crippen LogP contribution in [0.2, 0.25) is 0 Å². The third-order valence-electron chi connectivity index (χ3n) is 3.64. The van der Waals surface area contributed by atoms with Crippen molar-refractivity contribution in [2.45, 2.75) is 25.7 Å². The first-order valence-corrected chi connectivity index (χ1v) is 5.98. The maximum atomic E-state index is 11.7. The van der Waals surface area contributed by atoms with Crippen LogP contribution < -0.4 is 11.1 Å². The predicted octanol–water partition coefficient (Wildman–Crippen LogP) is -0.0627. The average Bonchev–Trinajstić information content (AvgIpc) is 2.90. The Hall–Kier alpha value is -0.610. The quantitative estimate of drug-likeness (QED) is 0.669. The van der Waals surface area contributed by atoms with Crippen LogP contribution in [-0.4, -0.2) is 43.5 Å². The van der Waals surface area contributed by atoms with E-state index in [0.717, 1.165) is 25.9 Å². The molecule has 2 aliphatic rings. The van der Waals surface area contributed by atoms with Gasteiger partial charge in [0.15, 0.2) is 0 Å². The number of carbonyl (C=O) groups is 1. The van der Waals surface area contributed by atoms with Crippen molar-refractivity contribution >= 4 is 5.91 Å². The fourth-order valence-corrected chi connectivity index (χ4v) is 2.20. The third kappa shape index (κ3) is 2.49. The molecule has 1 saturated heterocycles. The first-order chi connectivity index (χ1) is 7.27. The summed E-state index contributed by atoms with van der Waals surface area (Å²) in [5.74, 6) is 0.171. The number of nitrogens with zero attached hydrogens (tertiary/aromatic N) is 1. The van der Waals surface area contributed by atoms with Crippen LogP contribution in [0.25, 0.3) is 0 Å². The van der Waals surface area contributed by atoms with E-state index in [1.165, 1.54) is 25.9 Å². The molecule has 2 rings (SSSR count). The van der Waals surface area contributed by atoms with E-state index in [9.17, 15) is 4.79 Å². The Morgan fingerprint density at radius 2 is 2.00 bits per heavy atom. The predicted molar refractivity (Wildman–Crippen MR) is 59.4 cm³/mol. The largest absolute Gasteiger partial charge is 0.354 e. The van der Waals surface area contributed by atoms with Gasteiger partial charge in [-0.25, -0.2) is 0 Å². The summed E-state index contributed by atoms with van der Waals surface area (Å²) in [7, 11) is 0. The van der Waals surface area contributed by atoms with Gasteiger partial charge in [0.05, 0.1) is 5.41 Å². The summed E-state index contributed by atoms with van der Waals surface area (Å²) in [6, 6.07) is 0. The topological polar surface area (TPSA) is 58.4 Å². The molecule has 0 spiro atoms. The summed E-state index contributed by atoms with van der Waals surface area (Å²) >= 11 is 0. The number of hydrogen-bond acceptors (Lipinski definition) is 3. The lowest BCUT2D eigenvalue weighted by atomic mass is 10.1. The summed E-state index contributed by atoms with van der Waals surface area (Å²) in [4.78, 5) is 14.1. The fourth-order valence-electron chi connectivity index (χ4n) is 2.20. The van der Waals surface area contributed by atoms with E-state index < -0.39 is 0 Å². The van der Waals surface area contributed by atoms with Crippen molar-refractivity contribution in [3.8, 4) is 0 Å². The van der Waals surface area contributed by atoms with Gasteiger partial charge in [-0.3, -0.25) is 4.79 Å². The van der Waals surface area contributed by atoms with Gasteiger partial charge in [0.2, 0.25) is 5.91 Å². The highest BCUT2D eigenvalue weighted by molar-refractivity contribution is 5.85. The minimum Gasteiger partial charge on any atom is -0.354 e. The van der Waals surface area contributed by atoms with Gasteiger partial charge in [-0.05, 0) is 38.8 Å². The molecule has 3 N–H and O–H groups in total. The Bertz CT molecular complexity index is 232. The third-order valence-corrected chi connectivity index (χ3v) is 3.64. The minimum absolute atomic E-state index is 0.171. The number of carbonyl (C=O) groups excluding carboxylic acids is 1. The standard InChI is InChI=1S/C11H21N3O/c12-9-11(3-4-11)10(15)13-5-8-14-6-1-2-7-14/h1-9,12H2,(H,13,15). The van der Waals surface area contributed by atoms with Gasteiger partial charge >= 0.3 is 0 Å². The molecule has 0 aromatic rings. The lowest BCUT2D eigenvalue weighted by molar-refractivity contribution is -0.126. The molecule has 1 saturated carbocycles. The molecule has 0 radical (unpaired) electrons. The smallest absolute Gasteiger partial charge is 0.227 e. The van der Waals surface area contributed by atoms with Crippen LogP contribution >= 0.6 is 0 Å². The summed E-state index contributed by atoms with van der Waals surface area (Å²) < 4.78 is 0. The Labute approximate surface area is 91.2 Å². The molecule has 1 aliphatic heterocycles. The van der Waals surface area contributed by atoms with Crippen LogP contribution in [0.15, 0.2) is 0 Å². The number of likely N-dealkylation sites (tertiary alicyclic amines) is 1. The van der Waals surface area contributed by atoms with E-state index >= 15 is 0 Å². The molecule has 86 valence electrons. The minimum atomic E-state index is -0.189. The number of nitrogens with two attached hydrogens (primary N) is 1. The summed E-state index contributed by atoms with van der Waals surface area (Å²) in [5.41, 5.74) is 5.40. The highest BCUT2D eigenvalue weighted by atomic mass is 16.2. The SMILES string of the molecule is NCC1(C(=O)NCCN2CCCC2)CC1. The van der Waals surface area contributed by atoms with Crippen molar-refractivity contribution in [2.24, 2.45) is 11.1 Å². The molecular weight excluding hydrogens is 190 g/mol. The average molecular weight is 211 g/mol. The summed E-state index contributed by atoms with van der Waals surface area (Å²) in [6.45, 7) is 4.66. The number of rotatable bonds is 5. The maximum Gasteiger partial charge on any atom is 0.227 e. The zero-order chi connectivity index (χ0) is 10.7. The Morgan fingerprint density at radius 3 is 2.53 bits per heavy atom. The van der Waals surface area contributed by atoms with Gasteiger partial charge in [0.25, 0.3) is 0 Å². The van der Waals surface area contributed by atoms with E-state index in [1.54, 1.807) is 0 Å². The Kier molecular flexibility index (Phi) is 3.26. The van der Waals surface area contributed by atoms with E-state index in [-0.39, 0.29) is 11.3 Å². The lowest BCUT2D eigenvalue weighted by Gasteiger charge is -2.17. The van der Waals surface area contributed by atoms with Crippen molar-refractivity contribution in [1.82, 2.24) is 10.2 Å². The molecule has 15 heavy (non-hydrogen) atoms. The fraction of sp³-hybridized carbons (Fsp3) is 0.909. The van der Waals surface area contributed by atoms with Crippen molar-refractivity contribution in [1.29, 1.82) is 0 Å². The molecule has 0 aromatic carbocycles. The maximum absolute atomic E-state index is 11.7. The Balaban J connectivity index is 1.63. The lowest BCUT2D eigenvalue weighted by Crippen LogP contribution is -2.40. The molecule has 4 nitrogen and oxygen atoms in total. The number of hydrogen-bond donors (Lipinski definition) is 2. The number of amides is 1. The van der Waals surface area contributed by atoms with Crippen LogP contribution in [0.3, 0.4) is 0 Å². The molecule has 1 heterocycles. The Morgan fingerprint density at radius 1 is 1.33 bits per heavy atom. The normalized spacial score (nSPS) is 24.1. The molecular formula is C11H21N3O. The zero-order valence-corrected chi connectivity index (χ0v) is 9.30. The second-order valence-corrected chi connectivity index (χ2v) is 4.79. The van der Waals surface area contributed by atoms with Crippen molar-refractivity contribution in [3.63, 3.8) is 0 Å². The first-order valence-electron chi connectivity index (χ1n) is 5.98. The van der Waals surface area contributed by atoms with Crippen molar-refractivity contribution in [3.05, 3.63) is 0 Å². The van der Waals surface area contributed by atoms with Crippen molar-refractivity contribution < 1.29 is 4.79 Å². The van der Waals surface area contributed by atoms with E-state index in [4.69, 9.17) is 5.73 Å². The zero-order valence-electron chi connectivity index (χ0n) is 9.30. The van der Waals surface area contributed by atoms with Crippen LogP contribution in [0.4, 0.5) is 0 Å². The van der Waals surface area contributed by atoms with Gasteiger partial charge in [-0.15, -0.1) is 0 Å². The van der Waals surface area contributed by atoms with E-state index in [1.807, 2.05) is 0 Å². The first kappa shape index (κ1) is 10.9. The molecule has 4 heteroatoms. The monoisotopic (exact) mass is 211 g/mol. The van der Waals surface area contributed by atoms with Gasteiger partial charge < -0.3 is 16.0 Å². The molecule has 1 aliphatic carbocycles. The molecule has 2 fully saturated rings. The molecule has 1 amide bonds. The molecule has 0 aromatic heterocycles. The van der Waals surface area contributed by atoms with Crippen molar-refractivity contribution in [2.75, 3.05) is 32.7 Å². The molecule has 0 atom stereocenters. The van der Waals surface area contributed by atoms with Gasteiger partial charge in [0.1, 0.15) is 0 Å². The number of nitrogens with one attached hydrogen (secondary N) is 1. The molecule has 0 unspecified atom stereocenters. The summed E-state index contributed by atoms with van der Waals surface area (Å²) in [5, 5.41) is 3.00. The van der Waals surface area contributed by atoms with Crippen LogP contribution in [0.1, 0.15) is 25.7 Å². The van der Waals surface area contributed by atoms with Crippen LogP contribution in [-0.2, 0) is 4.79 Å². The second-order valence-electron chi connectivity index (χ2n) is 4.79. The summed E-state index contributed by atoms with van der Waals surface area (Å²) in [6.07, 6.45) is 4.56. The highest BCUT2D eigenvalue weighted by Crippen LogP contribution is 2.44. The van der Waals surface area contributed by atoms with Crippen LogP contribution in [0.5, 0.6) is 0 Å².